The summed E-state index contributed by atoms with van der Waals surface area (Å²) in [5.41, 5.74) is 2.39. The Labute approximate surface area is 236 Å². The Morgan fingerprint density at radius 2 is 1.95 bits per heavy atom. The molecule has 2 aliphatic carbocycles. The normalized spacial score (nSPS) is 22.7. The Morgan fingerprint density at radius 3 is 2.65 bits per heavy atom. The zero-order chi connectivity index (χ0) is 27.9. The first-order valence-corrected chi connectivity index (χ1v) is 14.8. The van der Waals surface area contributed by atoms with E-state index in [1.165, 1.54) is 25.7 Å². The molecular formula is C30H41N7O3. The van der Waals surface area contributed by atoms with E-state index < -0.39 is 0 Å². The molecule has 2 saturated carbocycles. The van der Waals surface area contributed by atoms with E-state index in [1.54, 1.807) is 31.3 Å². The highest BCUT2D eigenvalue weighted by Gasteiger charge is 2.45. The van der Waals surface area contributed by atoms with E-state index in [0.717, 1.165) is 56.7 Å². The van der Waals surface area contributed by atoms with Gasteiger partial charge in [0.25, 0.3) is 5.91 Å². The molecule has 40 heavy (non-hydrogen) atoms. The van der Waals surface area contributed by atoms with Crippen molar-refractivity contribution in [1.29, 1.82) is 0 Å². The van der Waals surface area contributed by atoms with Crippen molar-refractivity contribution in [2.75, 3.05) is 42.4 Å². The molecule has 1 aromatic heterocycles. The highest BCUT2D eigenvalue weighted by Crippen LogP contribution is 2.48. The maximum absolute atomic E-state index is 13.2. The van der Waals surface area contributed by atoms with Crippen molar-refractivity contribution in [2.45, 2.75) is 82.8 Å². The summed E-state index contributed by atoms with van der Waals surface area (Å²) in [7, 11) is 3.39. The molecule has 0 bridgehead atoms. The number of aromatic nitrogens is 2. The first-order valence-electron chi connectivity index (χ1n) is 14.8. The summed E-state index contributed by atoms with van der Waals surface area (Å²) < 4.78 is 5.66. The minimum absolute atomic E-state index is 0.0748. The highest BCUT2D eigenvalue weighted by molar-refractivity contribution is 6.04. The number of rotatable bonds is 7. The lowest BCUT2D eigenvalue weighted by Gasteiger charge is -2.50. The number of benzene rings is 1. The van der Waals surface area contributed by atoms with Crippen LogP contribution in [0, 0.1) is 5.41 Å². The van der Waals surface area contributed by atoms with E-state index in [4.69, 9.17) is 9.72 Å². The molecule has 2 aliphatic heterocycles. The second-order valence-electron chi connectivity index (χ2n) is 11.9. The number of nitrogens with one attached hydrogen (secondary N) is 3. The number of piperidine rings is 1. The Balaban J connectivity index is 1.19. The van der Waals surface area contributed by atoms with E-state index in [0.29, 0.717) is 34.4 Å². The number of fused-ring (bicyclic) bond motifs is 1. The standard InChI is InChI=1S/C30H41N7O3/c1-4-23-28(39)36(2)24-18-32-29(35-26(24)37(23)21-7-5-6-8-21)34-22-10-9-19(15-25(22)40-3)27(38)33-20-16-30(17-20)11-13-31-14-12-30/h9-10,15,18,20-21,23,31H,4-8,11-14,16-17H2,1-3H3,(H,33,38)(H,32,34,35)/t23-/m1/s1. The van der Waals surface area contributed by atoms with Gasteiger partial charge in [-0.2, -0.15) is 4.98 Å². The van der Waals surface area contributed by atoms with E-state index in [2.05, 4.69) is 32.8 Å². The molecule has 214 valence electrons. The van der Waals surface area contributed by atoms with Gasteiger partial charge >= 0.3 is 0 Å². The molecule has 1 atom stereocenters. The molecule has 4 aliphatic rings. The molecule has 10 heteroatoms. The first kappa shape index (κ1) is 26.8. The van der Waals surface area contributed by atoms with E-state index in [9.17, 15) is 9.59 Å². The van der Waals surface area contributed by atoms with Crippen LogP contribution in [-0.2, 0) is 4.79 Å². The summed E-state index contributed by atoms with van der Waals surface area (Å²) in [6.45, 7) is 4.21. The van der Waals surface area contributed by atoms with Crippen LogP contribution in [0.15, 0.2) is 24.4 Å². The van der Waals surface area contributed by atoms with E-state index in [-0.39, 0.29) is 23.9 Å². The van der Waals surface area contributed by atoms with E-state index >= 15 is 0 Å². The molecule has 0 unspecified atom stereocenters. The molecule has 3 N–H and O–H groups in total. The van der Waals surface area contributed by atoms with Crippen LogP contribution in [0.2, 0.25) is 0 Å². The second kappa shape index (κ2) is 10.9. The molecule has 1 aromatic carbocycles. The average molecular weight is 548 g/mol. The summed E-state index contributed by atoms with van der Waals surface area (Å²) in [6.07, 6.45) is 11.4. The monoisotopic (exact) mass is 547 g/mol. The highest BCUT2D eigenvalue weighted by atomic mass is 16.5. The zero-order valence-corrected chi connectivity index (χ0v) is 23.8. The van der Waals surface area contributed by atoms with Gasteiger partial charge in [-0.25, -0.2) is 4.98 Å². The quantitative estimate of drug-likeness (QED) is 0.477. The number of hydrogen-bond donors (Lipinski definition) is 3. The van der Waals surface area contributed by atoms with Crippen LogP contribution in [-0.4, -0.2) is 67.2 Å². The Kier molecular flexibility index (Phi) is 7.29. The lowest BCUT2D eigenvalue weighted by molar-refractivity contribution is -0.120. The van der Waals surface area contributed by atoms with Gasteiger partial charge in [-0.1, -0.05) is 19.8 Å². The lowest BCUT2D eigenvalue weighted by atomic mass is 9.60. The van der Waals surface area contributed by atoms with Crippen LogP contribution in [0.4, 0.5) is 23.1 Å². The van der Waals surface area contributed by atoms with Crippen LogP contribution in [0.3, 0.4) is 0 Å². The maximum atomic E-state index is 13.2. The van der Waals surface area contributed by atoms with Gasteiger partial charge in [0.2, 0.25) is 11.9 Å². The summed E-state index contributed by atoms with van der Waals surface area (Å²) in [5, 5.41) is 9.94. The number of methoxy groups -OCH3 is 1. The summed E-state index contributed by atoms with van der Waals surface area (Å²) in [6, 6.07) is 5.72. The van der Waals surface area contributed by atoms with Crippen molar-refractivity contribution in [1.82, 2.24) is 20.6 Å². The molecule has 1 spiro atoms. The number of likely N-dealkylation sites (N-methyl/N-ethyl adjacent to an activating group) is 1. The number of carbonyl (C=O) groups excluding carboxylic acids is 2. The summed E-state index contributed by atoms with van der Waals surface area (Å²) >= 11 is 0. The van der Waals surface area contributed by atoms with Crippen molar-refractivity contribution in [3.05, 3.63) is 30.0 Å². The predicted molar refractivity (Wildman–Crippen MR) is 156 cm³/mol. The third-order valence-electron chi connectivity index (χ3n) is 9.48. The van der Waals surface area contributed by atoms with Crippen LogP contribution in [0.1, 0.15) is 75.1 Å². The third kappa shape index (κ3) is 4.87. The van der Waals surface area contributed by atoms with Crippen molar-refractivity contribution < 1.29 is 14.3 Å². The Bertz CT molecular complexity index is 1260. The van der Waals surface area contributed by atoms with Gasteiger partial charge in [0.05, 0.1) is 19.0 Å². The molecule has 2 aromatic rings. The third-order valence-corrected chi connectivity index (χ3v) is 9.48. The molecular weight excluding hydrogens is 506 g/mol. The van der Waals surface area contributed by atoms with E-state index in [1.807, 2.05) is 12.1 Å². The molecule has 6 rings (SSSR count). The molecule has 3 heterocycles. The van der Waals surface area contributed by atoms with Crippen molar-refractivity contribution >= 4 is 35.0 Å². The van der Waals surface area contributed by atoms with Gasteiger partial charge in [0.15, 0.2) is 5.82 Å². The van der Waals surface area contributed by atoms with Crippen molar-refractivity contribution in [3.63, 3.8) is 0 Å². The molecule has 3 fully saturated rings. The number of nitrogens with zero attached hydrogens (tertiary/aromatic N) is 4. The van der Waals surface area contributed by atoms with Crippen molar-refractivity contribution in [2.24, 2.45) is 5.41 Å². The van der Waals surface area contributed by atoms with Gasteiger partial charge in [-0.15, -0.1) is 0 Å². The van der Waals surface area contributed by atoms with Crippen LogP contribution in [0.5, 0.6) is 5.75 Å². The first-order chi connectivity index (χ1) is 19.4. The van der Waals surface area contributed by atoms with Gasteiger partial charge in [0.1, 0.15) is 17.5 Å². The van der Waals surface area contributed by atoms with Crippen molar-refractivity contribution in [3.8, 4) is 5.75 Å². The fourth-order valence-electron chi connectivity index (χ4n) is 7.22. The minimum atomic E-state index is -0.226. The average Bonchev–Trinajstić information content (AvgIpc) is 3.49. The predicted octanol–water partition coefficient (Wildman–Crippen LogP) is 3.99. The number of ether oxygens (including phenoxy) is 1. The number of anilines is 4. The topological polar surface area (TPSA) is 112 Å². The second-order valence-corrected chi connectivity index (χ2v) is 11.9. The Morgan fingerprint density at radius 1 is 1.20 bits per heavy atom. The fraction of sp³-hybridized carbons (Fsp3) is 0.600. The van der Waals surface area contributed by atoms with Gasteiger partial charge in [-0.05, 0) is 81.6 Å². The molecule has 0 radical (unpaired) electrons. The maximum Gasteiger partial charge on any atom is 0.251 e. The number of amides is 2. The smallest absolute Gasteiger partial charge is 0.251 e. The Hall–Kier alpha value is -3.40. The van der Waals surface area contributed by atoms with Crippen LogP contribution in [0.25, 0.3) is 0 Å². The molecule has 10 nitrogen and oxygen atoms in total. The van der Waals surface area contributed by atoms with Crippen LogP contribution >= 0.6 is 0 Å². The van der Waals surface area contributed by atoms with Crippen LogP contribution < -0.4 is 30.5 Å². The number of carbonyl (C=O) groups is 2. The minimum Gasteiger partial charge on any atom is -0.495 e. The zero-order valence-electron chi connectivity index (χ0n) is 23.8. The SMILES string of the molecule is CC[C@@H]1C(=O)N(C)c2cnc(Nc3ccc(C(=O)NC4CC5(CCNCC5)C4)cc3OC)nc2N1C1CCCC1. The largest absolute Gasteiger partial charge is 0.495 e. The fourth-order valence-corrected chi connectivity index (χ4v) is 7.22. The van der Waals surface area contributed by atoms with Gasteiger partial charge < -0.3 is 30.5 Å². The molecule has 1 saturated heterocycles. The number of hydrogen-bond acceptors (Lipinski definition) is 8. The van der Waals surface area contributed by atoms with Gasteiger partial charge in [-0.3, -0.25) is 9.59 Å². The summed E-state index contributed by atoms with van der Waals surface area (Å²) in [4.78, 5) is 39.6. The van der Waals surface area contributed by atoms with Gasteiger partial charge in [0, 0.05) is 24.7 Å². The molecule has 2 amide bonds. The lowest BCUT2D eigenvalue weighted by Crippen LogP contribution is -2.55. The summed E-state index contributed by atoms with van der Waals surface area (Å²) in [5.74, 6) is 1.78.